The number of nitrogens with zero attached hydrogens (tertiary/aromatic N) is 3. The van der Waals surface area contributed by atoms with Crippen molar-refractivity contribution in [2.45, 2.75) is 33.2 Å². The minimum Gasteiger partial charge on any atom is -0.339 e. The van der Waals surface area contributed by atoms with Crippen LogP contribution >= 0.6 is 0 Å². The van der Waals surface area contributed by atoms with Gasteiger partial charge in [0.2, 0.25) is 17.8 Å². The van der Waals surface area contributed by atoms with E-state index < -0.39 is 0 Å². The second-order valence-corrected chi connectivity index (χ2v) is 4.77. The smallest absolute Gasteiger partial charge is 0.248 e. The summed E-state index contributed by atoms with van der Waals surface area (Å²) in [5, 5.41) is 9.09. The molecule has 1 unspecified atom stereocenters. The molecule has 2 N–H and O–H groups in total. The number of rotatable bonds is 3. The van der Waals surface area contributed by atoms with Crippen molar-refractivity contribution in [1.29, 1.82) is 0 Å². The zero-order valence-electron chi connectivity index (χ0n) is 10.7. The number of aromatic nitrogens is 3. The molecule has 1 atom stereocenters. The highest BCUT2D eigenvalue weighted by atomic mass is 16.2. The molecule has 0 aromatic carbocycles. The van der Waals surface area contributed by atoms with Gasteiger partial charge in [-0.15, -0.1) is 5.10 Å². The van der Waals surface area contributed by atoms with Crippen LogP contribution in [0.4, 0.5) is 5.95 Å². The molecule has 2 amide bonds. The van der Waals surface area contributed by atoms with Crippen LogP contribution in [0.1, 0.15) is 26.1 Å². The molecule has 0 spiro atoms. The van der Waals surface area contributed by atoms with Gasteiger partial charge in [-0.25, -0.2) is 0 Å². The number of anilines is 1. The maximum absolute atomic E-state index is 12.0. The van der Waals surface area contributed by atoms with Gasteiger partial charge in [0.05, 0.1) is 5.92 Å². The number of aromatic amines is 1. The Labute approximate surface area is 105 Å². The van der Waals surface area contributed by atoms with Gasteiger partial charge in [0.15, 0.2) is 0 Å². The second-order valence-electron chi connectivity index (χ2n) is 4.77. The second kappa shape index (κ2) is 4.75. The summed E-state index contributed by atoms with van der Waals surface area (Å²) in [6.45, 7) is 6.10. The van der Waals surface area contributed by atoms with Crippen LogP contribution in [0.25, 0.3) is 0 Å². The summed E-state index contributed by atoms with van der Waals surface area (Å²) in [5.74, 6) is 0.394. The molecule has 18 heavy (non-hydrogen) atoms. The van der Waals surface area contributed by atoms with Gasteiger partial charge in [-0.1, -0.05) is 0 Å². The number of aryl methyl sites for hydroxylation is 1. The zero-order chi connectivity index (χ0) is 13.3. The highest BCUT2D eigenvalue weighted by Gasteiger charge is 2.35. The minimum atomic E-state index is -0.321. The van der Waals surface area contributed by atoms with Gasteiger partial charge in [0, 0.05) is 19.0 Å². The largest absolute Gasteiger partial charge is 0.339 e. The predicted molar refractivity (Wildman–Crippen MR) is 64.7 cm³/mol. The molecule has 98 valence electrons. The number of carbonyl (C=O) groups is 2. The summed E-state index contributed by atoms with van der Waals surface area (Å²) in [4.78, 5) is 29.4. The van der Waals surface area contributed by atoms with Gasteiger partial charge >= 0.3 is 0 Å². The lowest BCUT2D eigenvalue weighted by Crippen LogP contribution is -2.33. The SMILES string of the molecule is Cc1nc(NC(=O)C2CC(=O)N(C(C)C)C2)n[nH]1. The summed E-state index contributed by atoms with van der Waals surface area (Å²) >= 11 is 0. The molecule has 1 aliphatic rings. The predicted octanol–water partition coefficient (Wildman–Crippen LogP) is 0.309. The van der Waals surface area contributed by atoms with E-state index in [9.17, 15) is 9.59 Å². The highest BCUT2D eigenvalue weighted by molar-refractivity contribution is 5.96. The summed E-state index contributed by atoms with van der Waals surface area (Å²) in [5.41, 5.74) is 0. The van der Waals surface area contributed by atoms with E-state index >= 15 is 0 Å². The van der Waals surface area contributed by atoms with E-state index in [2.05, 4.69) is 20.5 Å². The fraction of sp³-hybridized carbons (Fsp3) is 0.636. The van der Waals surface area contributed by atoms with Crippen molar-refractivity contribution < 1.29 is 9.59 Å². The molecule has 0 saturated carbocycles. The van der Waals surface area contributed by atoms with Gasteiger partial charge in [-0.3, -0.25) is 20.0 Å². The van der Waals surface area contributed by atoms with Crippen LogP contribution in [0, 0.1) is 12.8 Å². The van der Waals surface area contributed by atoms with E-state index in [1.54, 1.807) is 11.8 Å². The summed E-state index contributed by atoms with van der Waals surface area (Å²) < 4.78 is 0. The molecule has 1 aliphatic heterocycles. The van der Waals surface area contributed by atoms with E-state index in [1.807, 2.05) is 13.8 Å². The molecule has 1 aromatic heterocycles. The van der Waals surface area contributed by atoms with Gasteiger partial charge in [0.1, 0.15) is 5.82 Å². The van der Waals surface area contributed by atoms with Gasteiger partial charge in [-0.05, 0) is 20.8 Å². The van der Waals surface area contributed by atoms with Crippen molar-refractivity contribution in [3.8, 4) is 0 Å². The normalized spacial score (nSPS) is 19.7. The number of hydrogen-bond acceptors (Lipinski definition) is 4. The Bertz CT molecular complexity index is 468. The van der Waals surface area contributed by atoms with Crippen molar-refractivity contribution in [3.63, 3.8) is 0 Å². The summed E-state index contributed by atoms with van der Waals surface area (Å²) in [7, 11) is 0. The molecule has 7 heteroatoms. The fourth-order valence-electron chi connectivity index (χ4n) is 2.02. The van der Waals surface area contributed by atoms with Crippen molar-refractivity contribution >= 4 is 17.8 Å². The van der Waals surface area contributed by atoms with Crippen molar-refractivity contribution in [3.05, 3.63) is 5.82 Å². The molecule has 0 radical (unpaired) electrons. The van der Waals surface area contributed by atoms with E-state index in [1.165, 1.54) is 0 Å². The molecule has 2 heterocycles. The third-order valence-corrected chi connectivity index (χ3v) is 2.98. The Morgan fingerprint density at radius 3 is 2.78 bits per heavy atom. The molecule has 0 aliphatic carbocycles. The topological polar surface area (TPSA) is 91.0 Å². The lowest BCUT2D eigenvalue weighted by atomic mass is 10.1. The van der Waals surface area contributed by atoms with Crippen molar-refractivity contribution in [1.82, 2.24) is 20.1 Å². The number of amides is 2. The highest BCUT2D eigenvalue weighted by Crippen LogP contribution is 2.21. The Morgan fingerprint density at radius 2 is 2.28 bits per heavy atom. The van der Waals surface area contributed by atoms with Crippen LogP contribution in [0.3, 0.4) is 0 Å². The number of likely N-dealkylation sites (tertiary alicyclic amines) is 1. The lowest BCUT2D eigenvalue weighted by molar-refractivity contribution is -0.129. The first-order chi connectivity index (χ1) is 8.47. The first-order valence-electron chi connectivity index (χ1n) is 5.96. The maximum Gasteiger partial charge on any atom is 0.248 e. The quantitative estimate of drug-likeness (QED) is 0.808. The monoisotopic (exact) mass is 251 g/mol. The molecule has 7 nitrogen and oxygen atoms in total. The van der Waals surface area contributed by atoms with Crippen molar-refractivity contribution in [2.24, 2.45) is 5.92 Å². The van der Waals surface area contributed by atoms with Crippen LogP contribution in [-0.2, 0) is 9.59 Å². The molecule has 1 aromatic rings. The number of H-pyrrole nitrogens is 1. The van der Waals surface area contributed by atoms with E-state index in [0.29, 0.717) is 12.4 Å². The Morgan fingerprint density at radius 1 is 1.56 bits per heavy atom. The molecule has 1 fully saturated rings. The maximum atomic E-state index is 12.0. The minimum absolute atomic E-state index is 0.0244. The average Bonchev–Trinajstić information content (AvgIpc) is 2.85. The lowest BCUT2D eigenvalue weighted by Gasteiger charge is -2.20. The Balaban J connectivity index is 1.97. The molecular formula is C11H17N5O2. The third-order valence-electron chi connectivity index (χ3n) is 2.98. The standard InChI is InChI=1S/C11H17N5O2/c1-6(2)16-5-8(4-9(16)17)10(18)13-11-12-7(3)14-15-11/h6,8H,4-5H2,1-3H3,(H2,12,13,14,15,18). The number of nitrogens with one attached hydrogen (secondary N) is 2. The van der Waals surface area contributed by atoms with E-state index in [4.69, 9.17) is 0 Å². The summed E-state index contributed by atoms with van der Waals surface area (Å²) in [6.07, 6.45) is 0.257. The first-order valence-corrected chi connectivity index (χ1v) is 5.96. The van der Waals surface area contributed by atoms with Crippen LogP contribution < -0.4 is 5.32 Å². The van der Waals surface area contributed by atoms with Gasteiger partial charge in [0.25, 0.3) is 0 Å². The molecular weight excluding hydrogens is 234 g/mol. The van der Waals surface area contributed by atoms with Gasteiger partial charge < -0.3 is 4.90 Å². The van der Waals surface area contributed by atoms with Crippen LogP contribution in [0.2, 0.25) is 0 Å². The average molecular weight is 251 g/mol. The third kappa shape index (κ3) is 2.49. The van der Waals surface area contributed by atoms with Gasteiger partial charge in [-0.2, -0.15) is 4.98 Å². The first kappa shape index (κ1) is 12.5. The van der Waals surface area contributed by atoms with Crippen LogP contribution in [0.15, 0.2) is 0 Å². The zero-order valence-corrected chi connectivity index (χ0v) is 10.7. The van der Waals surface area contributed by atoms with Crippen LogP contribution in [0.5, 0.6) is 0 Å². The summed E-state index contributed by atoms with van der Waals surface area (Å²) in [6, 6.07) is 0.126. The Hall–Kier alpha value is -1.92. The van der Waals surface area contributed by atoms with Crippen molar-refractivity contribution in [2.75, 3.05) is 11.9 Å². The molecule has 1 saturated heterocycles. The molecule has 2 rings (SSSR count). The van der Waals surface area contributed by atoms with E-state index in [-0.39, 0.29) is 36.1 Å². The number of hydrogen-bond donors (Lipinski definition) is 2. The van der Waals surface area contributed by atoms with E-state index in [0.717, 1.165) is 0 Å². The van der Waals surface area contributed by atoms with Crippen LogP contribution in [-0.4, -0.2) is 44.5 Å². The Kier molecular flexibility index (Phi) is 3.31. The molecule has 0 bridgehead atoms. The number of carbonyl (C=O) groups excluding carboxylic acids is 2. The fourth-order valence-corrected chi connectivity index (χ4v) is 2.02.